The molecule has 4 nitrogen and oxygen atoms in total. The fourth-order valence-electron chi connectivity index (χ4n) is 3.59. The number of piperidine rings is 1. The number of benzene rings is 1. The van der Waals surface area contributed by atoms with Gasteiger partial charge in [0.1, 0.15) is 5.82 Å². The van der Waals surface area contributed by atoms with Crippen LogP contribution in [-0.4, -0.2) is 31.3 Å². The van der Waals surface area contributed by atoms with Crippen LogP contribution >= 0.6 is 0 Å². The Labute approximate surface area is 158 Å². The van der Waals surface area contributed by atoms with Gasteiger partial charge in [-0.1, -0.05) is 19.3 Å². The van der Waals surface area contributed by atoms with Gasteiger partial charge in [0.05, 0.1) is 23.6 Å². The lowest BCUT2D eigenvalue weighted by Crippen LogP contribution is -2.35. The largest absolute Gasteiger partial charge is 0.397 e. The number of rotatable bonds is 4. The molecule has 0 atom stereocenters. The van der Waals surface area contributed by atoms with Gasteiger partial charge < -0.3 is 21.1 Å². The first-order chi connectivity index (χ1) is 12.5. The van der Waals surface area contributed by atoms with E-state index in [1.165, 1.54) is 38.2 Å². The second kappa shape index (κ2) is 10.7. The number of hydrogen-bond donors (Lipinski definition) is 3. The highest BCUT2D eigenvalue weighted by Crippen LogP contribution is 2.24. The van der Waals surface area contributed by atoms with Crippen molar-refractivity contribution in [2.24, 2.45) is 0 Å². The molecule has 1 saturated heterocycles. The first kappa shape index (κ1) is 21.0. The minimum atomic E-state index is -0.242. The molecule has 3 rings (SSSR count). The molecule has 0 amide bonds. The summed E-state index contributed by atoms with van der Waals surface area (Å²) in [5.74, 6) is -0.242. The minimum absolute atomic E-state index is 0.242. The fraction of sp³-hybridized carbons (Fsp3) is 0.714. The van der Waals surface area contributed by atoms with E-state index in [0.29, 0.717) is 29.5 Å². The maximum Gasteiger partial charge on any atom is 0.128 e. The van der Waals surface area contributed by atoms with E-state index in [-0.39, 0.29) is 5.82 Å². The van der Waals surface area contributed by atoms with Gasteiger partial charge in [0.25, 0.3) is 0 Å². The molecule has 0 bridgehead atoms. The Morgan fingerprint density at radius 3 is 2.38 bits per heavy atom. The molecule has 5 heteroatoms. The molecule has 1 aromatic rings. The molecule has 148 valence electrons. The summed E-state index contributed by atoms with van der Waals surface area (Å²) in [5, 5.41) is 6.69. The lowest BCUT2D eigenvalue weighted by molar-refractivity contribution is -0.0117. The molecule has 1 heterocycles. The minimum Gasteiger partial charge on any atom is -0.397 e. The molecular formula is C21H36FN3O. The van der Waals surface area contributed by atoms with E-state index in [2.05, 4.69) is 24.5 Å². The second-order valence-corrected chi connectivity index (χ2v) is 7.80. The number of nitrogens with one attached hydrogen (secondary N) is 2. The van der Waals surface area contributed by atoms with Crippen LogP contribution in [0.5, 0.6) is 0 Å². The topological polar surface area (TPSA) is 59.3 Å². The first-order valence-electron chi connectivity index (χ1n) is 10.1. The van der Waals surface area contributed by atoms with Crippen LogP contribution in [0, 0.1) is 12.7 Å². The number of ether oxygens (including phenoxy) is 1. The van der Waals surface area contributed by atoms with Crippen LogP contribution in [0.4, 0.5) is 15.8 Å². The number of hydrogen-bond acceptors (Lipinski definition) is 4. The summed E-state index contributed by atoms with van der Waals surface area (Å²) in [6.45, 7) is 8.04. The second-order valence-electron chi connectivity index (χ2n) is 7.80. The van der Waals surface area contributed by atoms with Crippen LogP contribution in [0.1, 0.15) is 64.4 Å². The summed E-state index contributed by atoms with van der Waals surface area (Å²) in [6, 6.07) is 3.61. The average molecular weight is 366 g/mol. The maximum absolute atomic E-state index is 13.2. The number of nitrogens with two attached hydrogens (primary N) is 1. The quantitative estimate of drug-likeness (QED) is 0.681. The molecule has 0 spiro atoms. The normalized spacial score (nSPS) is 19.1. The Balaban J connectivity index is 0.000000209. The molecule has 2 aliphatic rings. The van der Waals surface area contributed by atoms with Crippen LogP contribution in [0.3, 0.4) is 0 Å². The number of nitrogen functional groups attached to an aromatic ring is 1. The molecule has 0 aromatic heterocycles. The van der Waals surface area contributed by atoms with Crippen molar-refractivity contribution in [3.8, 4) is 0 Å². The SMILES string of the molecule is CC(C)OC1CCCCC1.Cc1cc(NC2CCNCC2)c(N)cc1F. The summed E-state index contributed by atoms with van der Waals surface area (Å²) >= 11 is 0. The van der Waals surface area contributed by atoms with Crippen molar-refractivity contribution in [2.75, 3.05) is 24.1 Å². The van der Waals surface area contributed by atoms with Crippen molar-refractivity contribution in [1.29, 1.82) is 0 Å². The molecule has 2 fully saturated rings. The molecular weight excluding hydrogens is 329 g/mol. The van der Waals surface area contributed by atoms with Gasteiger partial charge in [0.15, 0.2) is 0 Å². The molecule has 26 heavy (non-hydrogen) atoms. The van der Waals surface area contributed by atoms with Gasteiger partial charge in [0.2, 0.25) is 0 Å². The van der Waals surface area contributed by atoms with Crippen molar-refractivity contribution in [3.63, 3.8) is 0 Å². The average Bonchev–Trinajstić information content (AvgIpc) is 2.61. The highest BCUT2D eigenvalue weighted by Gasteiger charge is 2.15. The van der Waals surface area contributed by atoms with Crippen molar-refractivity contribution < 1.29 is 9.13 Å². The lowest BCUT2D eigenvalue weighted by Gasteiger charge is -2.25. The Bertz CT molecular complexity index is 538. The van der Waals surface area contributed by atoms with Gasteiger partial charge in [-0.05, 0) is 77.2 Å². The zero-order valence-corrected chi connectivity index (χ0v) is 16.6. The zero-order chi connectivity index (χ0) is 18.9. The molecule has 1 aliphatic carbocycles. The smallest absolute Gasteiger partial charge is 0.128 e. The van der Waals surface area contributed by atoms with Crippen molar-refractivity contribution in [2.45, 2.75) is 84.0 Å². The summed E-state index contributed by atoms with van der Waals surface area (Å²) in [5.41, 5.74) is 7.76. The maximum atomic E-state index is 13.2. The monoisotopic (exact) mass is 365 g/mol. The number of anilines is 2. The van der Waals surface area contributed by atoms with Crippen molar-refractivity contribution in [3.05, 3.63) is 23.5 Å². The highest BCUT2D eigenvalue weighted by atomic mass is 19.1. The molecule has 0 radical (unpaired) electrons. The van der Waals surface area contributed by atoms with E-state index >= 15 is 0 Å². The van der Waals surface area contributed by atoms with E-state index < -0.39 is 0 Å². The lowest BCUT2D eigenvalue weighted by atomic mass is 9.98. The Kier molecular flexibility index (Phi) is 8.66. The molecule has 0 unspecified atom stereocenters. The predicted octanol–water partition coefficient (Wildman–Crippen LogP) is 4.62. The standard InChI is InChI=1S/C12H18FN3.C9H18O/c1-8-6-12(11(14)7-10(8)13)16-9-2-4-15-5-3-9;1-8(2)10-9-6-4-3-5-7-9/h6-7,9,15-16H,2-5,14H2,1H3;8-9H,3-7H2,1-2H3. The van der Waals surface area contributed by atoms with Crippen LogP contribution in [0.15, 0.2) is 12.1 Å². The van der Waals surface area contributed by atoms with Gasteiger partial charge in [-0.3, -0.25) is 0 Å². The predicted molar refractivity (Wildman–Crippen MR) is 108 cm³/mol. The van der Waals surface area contributed by atoms with E-state index in [1.807, 2.05) is 0 Å². The van der Waals surface area contributed by atoms with E-state index in [4.69, 9.17) is 10.5 Å². The van der Waals surface area contributed by atoms with Gasteiger partial charge in [0, 0.05) is 6.04 Å². The Hall–Kier alpha value is -1.33. The van der Waals surface area contributed by atoms with Crippen molar-refractivity contribution in [1.82, 2.24) is 5.32 Å². The zero-order valence-electron chi connectivity index (χ0n) is 16.6. The van der Waals surface area contributed by atoms with Crippen LogP contribution in [0.25, 0.3) is 0 Å². The molecule has 1 saturated carbocycles. The Morgan fingerprint density at radius 1 is 1.12 bits per heavy atom. The van der Waals surface area contributed by atoms with E-state index in [0.717, 1.165) is 31.6 Å². The van der Waals surface area contributed by atoms with Crippen LogP contribution < -0.4 is 16.4 Å². The van der Waals surface area contributed by atoms with Gasteiger partial charge in [-0.2, -0.15) is 0 Å². The van der Waals surface area contributed by atoms with E-state index in [1.54, 1.807) is 13.0 Å². The molecule has 1 aliphatic heterocycles. The van der Waals surface area contributed by atoms with Gasteiger partial charge >= 0.3 is 0 Å². The van der Waals surface area contributed by atoms with Gasteiger partial charge in [-0.15, -0.1) is 0 Å². The van der Waals surface area contributed by atoms with Crippen LogP contribution in [-0.2, 0) is 4.74 Å². The first-order valence-corrected chi connectivity index (χ1v) is 10.1. The Morgan fingerprint density at radius 2 is 1.77 bits per heavy atom. The fourth-order valence-corrected chi connectivity index (χ4v) is 3.59. The summed E-state index contributed by atoms with van der Waals surface area (Å²) in [6.07, 6.45) is 9.89. The molecule has 1 aromatic carbocycles. The third-order valence-electron chi connectivity index (χ3n) is 5.05. The highest BCUT2D eigenvalue weighted by molar-refractivity contribution is 5.67. The number of aryl methyl sites for hydroxylation is 1. The third-order valence-corrected chi connectivity index (χ3v) is 5.05. The van der Waals surface area contributed by atoms with Gasteiger partial charge in [-0.25, -0.2) is 4.39 Å². The summed E-state index contributed by atoms with van der Waals surface area (Å²) in [4.78, 5) is 0. The molecule has 4 N–H and O–H groups in total. The van der Waals surface area contributed by atoms with E-state index in [9.17, 15) is 4.39 Å². The van der Waals surface area contributed by atoms with Crippen LogP contribution in [0.2, 0.25) is 0 Å². The summed E-state index contributed by atoms with van der Waals surface area (Å²) in [7, 11) is 0. The van der Waals surface area contributed by atoms with Crippen molar-refractivity contribution >= 4 is 11.4 Å². The summed E-state index contributed by atoms with van der Waals surface area (Å²) < 4.78 is 18.9. The third kappa shape index (κ3) is 7.12. The number of halogens is 1.